The summed E-state index contributed by atoms with van der Waals surface area (Å²) in [6.07, 6.45) is 0. The van der Waals surface area contributed by atoms with Crippen LogP contribution in [0.5, 0.6) is 11.5 Å². The van der Waals surface area contributed by atoms with Crippen LogP contribution in [0, 0.1) is 6.92 Å². The average Bonchev–Trinajstić information content (AvgIpc) is 2.83. The lowest BCUT2D eigenvalue weighted by Crippen LogP contribution is -2.03. The minimum Gasteiger partial charge on any atom is -0.490 e. The number of aromatic nitrogens is 2. The number of nitrogens with zero attached hydrogens (tertiary/aromatic N) is 2. The van der Waals surface area contributed by atoms with Crippen molar-refractivity contribution in [2.24, 2.45) is 0 Å². The molecule has 0 amide bonds. The van der Waals surface area contributed by atoms with Gasteiger partial charge in [0.25, 0.3) is 0 Å². The van der Waals surface area contributed by atoms with Gasteiger partial charge in [-0.3, -0.25) is 0 Å². The lowest BCUT2D eigenvalue weighted by atomic mass is 10.2. The van der Waals surface area contributed by atoms with E-state index in [4.69, 9.17) is 14.0 Å². The molecule has 1 N–H and O–H groups in total. The molecule has 0 aliphatic heterocycles. The monoisotopic (exact) mass is 264 g/mol. The molecule has 2 aromatic rings. The van der Waals surface area contributed by atoms with Crippen LogP contribution in [0.15, 0.2) is 22.7 Å². The van der Waals surface area contributed by atoms with Gasteiger partial charge < -0.3 is 19.1 Å². The van der Waals surface area contributed by atoms with E-state index in [1.54, 1.807) is 19.1 Å². The van der Waals surface area contributed by atoms with Crippen molar-refractivity contribution in [3.63, 3.8) is 0 Å². The molecule has 0 unspecified atom stereocenters. The predicted molar refractivity (Wildman–Crippen MR) is 66.9 cm³/mol. The zero-order valence-electron chi connectivity index (χ0n) is 10.9. The first-order valence-corrected chi connectivity index (χ1v) is 6.02. The van der Waals surface area contributed by atoms with Crippen molar-refractivity contribution >= 4 is 0 Å². The maximum atomic E-state index is 9.33. The van der Waals surface area contributed by atoms with Gasteiger partial charge in [-0.25, -0.2) is 0 Å². The van der Waals surface area contributed by atoms with Gasteiger partial charge >= 0.3 is 0 Å². The van der Waals surface area contributed by atoms with E-state index >= 15 is 0 Å². The van der Waals surface area contributed by atoms with Crippen LogP contribution in [0.4, 0.5) is 0 Å². The van der Waals surface area contributed by atoms with Crippen molar-refractivity contribution in [2.75, 3.05) is 6.61 Å². The van der Waals surface area contributed by atoms with Gasteiger partial charge in [0.2, 0.25) is 11.7 Å². The van der Waals surface area contributed by atoms with Crippen LogP contribution in [-0.2, 0) is 13.2 Å². The Balaban J connectivity index is 2.17. The minimum absolute atomic E-state index is 0.123. The second-order valence-electron chi connectivity index (χ2n) is 3.85. The van der Waals surface area contributed by atoms with Gasteiger partial charge in [0.05, 0.1) is 13.2 Å². The van der Waals surface area contributed by atoms with Crippen molar-refractivity contribution in [2.45, 2.75) is 27.1 Å². The number of para-hydroxylation sites is 1. The van der Waals surface area contributed by atoms with Crippen LogP contribution in [0.25, 0.3) is 0 Å². The molecule has 1 aromatic carbocycles. The van der Waals surface area contributed by atoms with Crippen molar-refractivity contribution in [3.8, 4) is 11.5 Å². The van der Waals surface area contributed by atoms with Gasteiger partial charge in [0.15, 0.2) is 18.1 Å². The third-order valence-electron chi connectivity index (χ3n) is 2.45. The van der Waals surface area contributed by atoms with E-state index in [0.29, 0.717) is 35.4 Å². The van der Waals surface area contributed by atoms with Crippen molar-refractivity contribution in [1.82, 2.24) is 10.1 Å². The Morgan fingerprint density at radius 2 is 2.16 bits per heavy atom. The Hall–Kier alpha value is -2.08. The number of aryl methyl sites for hydroxylation is 1. The lowest BCUT2D eigenvalue weighted by Gasteiger charge is -2.13. The largest absolute Gasteiger partial charge is 0.490 e. The predicted octanol–water partition coefficient (Wildman–Crippen LogP) is 1.85. The highest BCUT2D eigenvalue weighted by Gasteiger charge is 2.12. The summed E-state index contributed by atoms with van der Waals surface area (Å²) in [5, 5.41) is 13.1. The van der Waals surface area contributed by atoms with Crippen LogP contribution in [0.1, 0.15) is 24.2 Å². The third kappa shape index (κ3) is 3.23. The van der Waals surface area contributed by atoms with Crippen molar-refractivity contribution in [3.05, 3.63) is 35.5 Å². The molecule has 1 aromatic heterocycles. The number of aliphatic hydroxyl groups excluding tert-OH is 1. The van der Waals surface area contributed by atoms with E-state index in [-0.39, 0.29) is 13.2 Å². The molecule has 0 fully saturated rings. The first-order chi connectivity index (χ1) is 9.24. The molecule has 0 radical (unpaired) electrons. The lowest BCUT2D eigenvalue weighted by molar-refractivity contribution is 0.237. The number of benzene rings is 1. The van der Waals surface area contributed by atoms with Crippen molar-refractivity contribution < 1.29 is 19.1 Å². The summed E-state index contributed by atoms with van der Waals surface area (Å²) in [7, 11) is 0. The van der Waals surface area contributed by atoms with E-state index < -0.39 is 0 Å². The SMILES string of the molecule is CCOc1cccc(CO)c1OCc1noc(C)n1. The molecule has 0 bridgehead atoms. The molecule has 0 aliphatic carbocycles. The maximum absolute atomic E-state index is 9.33. The summed E-state index contributed by atoms with van der Waals surface area (Å²) in [5.41, 5.74) is 0.658. The minimum atomic E-state index is -0.123. The van der Waals surface area contributed by atoms with Crippen LogP contribution in [-0.4, -0.2) is 21.9 Å². The Morgan fingerprint density at radius 3 is 2.79 bits per heavy atom. The molecule has 0 spiro atoms. The first kappa shape index (κ1) is 13.4. The van der Waals surface area contributed by atoms with Gasteiger partial charge in [-0.05, 0) is 13.0 Å². The summed E-state index contributed by atoms with van der Waals surface area (Å²) in [4.78, 5) is 4.05. The van der Waals surface area contributed by atoms with Crippen LogP contribution in [0.2, 0.25) is 0 Å². The van der Waals surface area contributed by atoms with Crippen LogP contribution >= 0.6 is 0 Å². The van der Waals surface area contributed by atoms with E-state index in [0.717, 1.165) is 0 Å². The average molecular weight is 264 g/mol. The fourth-order valence-corrected chi connectivity index (χ4v) is 1.66. The molecule has 2 rings (SSSR count). The number of ether oxygens (including phenoxy) is 2. The van der Waals surface area contributed by atoms with E-state index in [2.05, 4.69) is 10.1 Å². The second kappa shape index (κ2) is 6.19. The van der Waals surface area contributed by atoms with Gasteiger partial charge in [0, 0.05) is 12.5 Å². The van der Waals surface area contributed by atoms with Gasteiger partial charge in [-0.2, -0.15) is 4.98 Å². The highest BCUT2D eigenvalue weighted by Crippen LogP contribution is 2.31. The first-order valence-electron chi connectivity index (χ1n) is 6.02. The van der Waals surface area contributed by atoms with Crippen molar-refractivity contribution in [1.29, 1.82) is 0 Å². The Labute approximate surface area is 111 Å². The van der Waals surface area contributed by atoms with Gasteiger partial charge in [0.1, 0.15) is 0 Å². The third-order valence-corrected chi connectivity index (χ3v) is 2.45. The molecule has 0 atom stereocenters. The number of aliphatic hydroxyl groups is 1. The van der Waals surface area contributed by atoms with Gasteiger partial charge in [-0.1, -0.05) is 17.3 Å². The summed E-state index contributed by atoms with van der Waals surface area (Å²) in [6, 6.07) is 5.38. The zero-order valence-corrected chi connectivity index (χ0v) is 10.9. The highest BCUT2D eigenvalue weighted by atomic mass is 16.5. The molecular formula is C13H16N2O4. The molecule has 0 saturated heterocycles. The van der Waals surface area contributed by atoms with E-state index in [1.807, 2.05) is 13.0 Å². The highest BCUT2D eigenvalue weighted by molar-refractivity contribution is 5.46. The zero-order chi connectivity index (χ0) is 13.7. The Kier molecular flexibility index (Phi) is 4.35. The fourth-order valence-electron chi connectivity index (χ4n) is 1.66. The van der Waals surface area contributed by atoms with Gasteiger partial charge in [-0.15, -0.1) is 0 Å². The maximum Gasteiger partial charge on any atom is 0.223 e. The summed E-state index contributed by atoms with van der Waals surface area (Å²) in [5.74, 6) is 2.04. The number of rotatable bonds is 6. The molecule has 6 nitrogen and oxygen atoms in total. The quantitative estimate of drug-likeness (QED) is 0.857. The molecule has 19 heavy (non-hydrogen) atoms. The molecule has 102 valence electrons. The fraction of sp³-hybridized carbons (Fsp3) is 0.385. The van der Waals surface area contributed by atoms with Crippen LogP contribution in [0.3, 0.4) is 0 Å². The van der Waals surface area contributed by atoms with Crippen LogP contribution < -0.4 is 9.47 Å². The second-order valence-corrected chi connectivity index (χ2v) is 3.85. The summed E-state index contributed by atoms with van der Waals surface area (Å²) < 4.78 is 16.0. The summed E-state index contributed by atoms with van der Waals surface area (Å²) >= 11 is 0. The Morgan fingerprint density at radius 1 is 1.32 bits per heavy atom. The smallest absolute Gasteiger partial charge is 0.223 e. The molecule has 1 heterocycles. The normalized spacial score (nSPS) is 10.5. The number of hydrogen-bond donors (Lipinski definition) is 1. The summed E-state index contributed by atoms with van der Waals surface area (Å²) in [6.45, 7) is 4.16. The molecular weight excluding hydrogens is 248 g/mol. The molecule has 0 saturated carbocycles. The van der Waals surface area contributed by atoms with E-state index in [1.165, 1.54) is 0 Å². The Bertz CT molecular complexity index is 539. The standard InChI is InChI=1S/C13H16N2O4/c1-3-17-11-6-4-5-10(7-16)13(11)18-8-12-14-9(2)19-15-12/h4-6,16H,3,7-8H2,1-2H3. The number of hydrogen-bond acceptors (Lipinski definition) is 6. The molecule has 0 aliphatic rings. The topological polar surface area (TPSA) is 77.6 Å². The molecule has 6 heteroatoms. The van der Waals surface area contributed by atoms with E-state index in [9.17, 15) is 5.11 Å².